The van der Waals surface area contributed by atoms with Crippen LogP contribution < -0.4 is 5.73 Å². The monoisotopic (exact) mass is 270 g/mol. The largest absolute Gasteiger partial charge is 0.398 e. The first-order valence-electron chi connectivity index (χ1n) is 6.01. The second-order valence-electron chi connectivity index (χ2n) is 4.52. The van der Waals surface area contributed by atoms with Crippen LogP contribution in [0.2, 0.25) is 0 Å². The first-order valence-corrected chi connectivity index (χ1v) is 7.45. The minimum absolute atomic E-state index is 0.164. The third-order valence-corrected chi connectivity index (χ3v) is 5.12. The number of nitrogens with two attached hydrogens (primary N) is 1. The van der Waals surface area contributed by atoms with Gasteiger partial charge in [0.15, 0.2) is 0 Å². The smallest absolute Gasteiger partial charge is 0.243 e. The predicted molar refractivity (Wildman–Crippen MR) is 69.6 cm³/mol. The molecule has 0 bridgehead atoms. The second-order valence-corrected chi connectivity index (χ2v) is 6.46. The van der Waals surface area contributed by atoms with Crippen molar-refractivity contribution in [2.45, 2.75) is 30.8 Å². The van der Waals surface area contributed by atoms with Crippen LogP contribution in [0.15, 0.2) is 23.1 Å². The van der Waals surface area contributed by atoms with E-state index in [0.717, 1.165) is 12.0 Å². The molecule has 1 saturated heterocycles. The van der Waals surface area contributed by atoms with Gasteiger partial charge in [0.05, 0.1) is 11.0 Å². The van der Waals surface area contributed by atoms with Crippen molar-refractivity contribution in [2.24, 2.45) is 0 Å². The summed E-state index contributed by atoms with van der Waals surface area (Å²) in [5, 5.41) is 9.42. The molecule has 18 heavy (non-hydrogen) atoms. The van der Waals surface area contributed by atoms with Gasteiger partial charge in [0.25, 0.3) is 0 Å². The third-order valence-electron chi connectivity index (χ3n) is 3.26. The number of β-amino-alcohol motifs (C(OH)–C–C–N with tert-alkyl or cyclic N) is 1. The number of rotatable bonds is 3. The predicted octanol–water partition coefficient (Wildman–Crippen LogP) is 0.587. The number of sulfonamides is 1. The van der Waals surface area contributed by atoms with E-state index < -0.39 is 16.1 Å². The maximum Gasteiger partial charge on any atom is 0.243 e. The molecule has 1 aromatic rings. The van der Waals surface area contributed by atoms with Crippen LogP contribution in [0.4, 0.5) is 5.69 Å². The number of anilines is 1. The van der Waals surface area contributed by atoms with Crippen LogP contribution in [0, 0.1) is 0 Å². The van der Waals surface area contributed by atoms with Gasteiger partial charge in [-0.1, -0.05) is 13.0 Å². The zero-order valence-corrected chi connectivity index (χ0v) is 11.2. The molecule has 0 aromatic heterocycles. The molecule has 1 aliphatic rings. The van der Waals surface area contributed by atoms with Crippen molar-refractivity contribution in [3.05, 3.63) is 23.8 Å². The Morgan fingerprint density at radius 3 is 2.72 bits per heavy atom. The maximum absolute atomic E-state index is 12.3. The minimum Gasteiger partial charge on any atom is -0.398 e. The average Bonchev–Trinajstić information content (AvgIpc) is 2.76. The highest BCUT2D eigenvalue weighted by atomic mass is 32.2. The summed E-state index contributed by atoms with van der Waals surface area (Å²) in [6.07, 6.45) is 0.697. The molecule has 0 amide bonds. The molecule has 1 fully saturated rings. The van der Waals surface area contributed by atoms with Crippen LogP contribution in [0.25, 0.3) is 0 Å². The Bertz CT molecular complexity index is 542. The lowest BCUT2D eigenvalue weighted by Gasteiger charge is -2.16. The standard InChI is InChI=1S/C12H18N2O3S/c1-2-9-3-4-11(7-12(9)13)18(16,17)14-6-5-10(15)8-14/h3-4,7,10,15H,2,5-6,8,13H2,1H3. The molecule has 1 heterocycles. The van der Waals surface area contributed by atoms with Crippen molar-refractivity contribution in [3.63, 3.8) is 0 Å². The van der Waals surface area contributed by atoms with E-state index in [1.807, 2.05) is 6.92 Å². The number of hydrogen-bond acceptors (Lipinski definition) is 4. The topological polar surface area (TPSA) is 83.6 Å². The summed E-state index contributed by atoms with van der Waals surface area (Å²) in [4.78, 5) is 0.200. The summed E-state index contributed by atoms with van der Waals surface area (Å²) < 4.78 is 25.9. The summed E-state index contributed by atoms with van der Waals surface area (Å²) in [6, 6.07) is 4.82. The van der Waals surface area contributed by atoms with E-state index in [2.05, 4.69) is 0 Å². The molecule has 1 aromatic carbocycles. The van der Waals surface area contributed by atoms with Crippen molar-refractivity contribution < 1.29 is 13.5 Å². The van der Waals surface area contributed by atoms with Crippen LogP contribution >= 0.6 is 0 Å². The summed E-state index contributed by atoms with van der Waals surface area (Å²) in [6.45, 7) is 2.49. The lowest BCUT2D eigenvalue weighted by atomic mass is 10.1. The van der Waals surface area contributed by atoms with Gasteiger partial charge in [-0.3, -0.25) is 0 Å². The van der Waals surface area contributed by atoms with E-state index in [-0.39, 0.29) is 11.4 Å². The van der Waals surface area contributed by atoms with Crippen LogP contribution in [0.1, 0.15) is 18.9 Å². The first kappa shape index (κ1) is 13.3. The van der Waals surface area contributed by atoms with E-state index in [1.54, 1.807) is 12.1 Å². The van der Waals surface area contributed by atoms with Crippen molar-refractivity contribution >= 4 is 15.7 Å². The van der Waals surface area contributed by atoms with Gasteiger partial charge < -0.3 is 10.8 Å². The van der Waals surface area contributed by atoms with Gasteiger partial charge in [-0.15, -0.1) is 0 Å². The molecule has 1 atom stereocenters. The Labute approximate surface area is 107 Å². The van der Waals surface area contributed by atoms with Crippen molar-refractivity contribution in [3.8, 4) is 0 Å². The lowest BCUT2D eigenvalue weighted by Crippen LogP contribution is -2.29. The molecule has 0 aliphatic carbocycles. The SMILES string of the molecule is CCc1ccc(S(=O)(=O)N2CCC(O)C2)cc1N. The van der Waals surface area contributed by atoms with Crippen molar-refractivity contribution in [2.75, 3.05) is 18.8 Å². The van der Waals surface area contributed by atoms with Gasteiger partial charge in [0.1, 0.15) is 0 Å². The third kappa shape index (κ3) is 2.36. The molecule has 2 rings (SSSR count). The molecular weight excluding hydrogens is 252 g/mol. The molecular formula is C12H18N2O3S. The Morgan fingerprint density at radius 1 is 1.50 bits per heavy atom. The van der Waals surface area contributed by atoms with Crippen molar-refractivity contribution in [1.29, 1.82) is 0 Å². The van der Waals surface area contributed by atoms with Gasteiger partial charge in [-0.25, -0.2) is 8.42 Å². The van der Waals surface area contributed by atoms with E-state index in [1.165, 1.54) is 10.4 Å². The fourth-order valence-electron chi connectivity index (χ4n) is 2.13. The Hall–Kier alpha value is -1.11. The fraction of sp³-hybridized carbons (Fsp3) is 0.500. The molecule has 0 radical (unpaired) electrons. The molecule has 1 unspecified atom stereocenters. The van der Waals surface area contributed by atoms with Crippen molar-refractivity contribution in [1.82, 2.24) is 4.31 Å². The molecule has 100 valence electrons. The number of nitrogen functional groups attached to an aromatic ring is 1. The fourth-order valence-corrected chi connectivity index (χ4v) is 3.66. The van der Waals surface area contributed by atoms with Crippen LogP contribution in [0.3, 0.4) is 0 Å². The number of aryl methyl sites for hydroxylation is 1. The van der Waals surface area contributed by atoms with Crippen LogP contribution in [0.5, 0.6) is 0 Å². The summed E-state index contributed by atoms with van der Waals surface area (Å²) in [5.74, 6) is 0. The summed E-state index contributed by atoms with van der Waals surface area (Å²) in [7, 11) is -3.53. The van der Waals surface area contributed by atoms with Gasteiger partial charge in [-0.05, 0) is 30.5 Å². The molecule has 6 heteroatoms. The normalized spacial score (nSPS) is 21.3. The highest BCUT2D eigenvalue weighted by molar-refractivity contribution is 7.89. The number of nitrogens with zero attached hydrogens (tertiary/aromatic N) is 1. The molecule has 0 saturated carbocycles. The molecule has 0 spiro atoms. The van der Waals surface area contributed by atoms with Gasteiger partial charge in [-0.2, -0.15) is 4.31 Å². The van der Waals surface area contributed by atoms with E-state index in [4.69, 9.17) is 5.73 Å². The average molecular weight is 270 g/mol. The van der Waals surface area contributed by atoms with Gasteiger partial charge in [0.2, 0.25) is 10.0 Å². The van der Waals surface area contributed by atoms with Gasteiger partial charge in [0, 0.05) is 18.8 Å². The molecule has 5 nitrogen and oxygen atoms in total. The Balaban J connectivity index is 2.33. The second kappa shape index (κ2) is 4.87. The Kier molecular flexibility index (Phi) is 3.61. The maximum atomic E-state index is 12.3. The van der Waals surface area contributed by atoms with Crippen LogP contribution in [-0.4, -0.2) is 37.0 Å². The number of aliphatic hydroxyl groups excluding tert-OH is 1. The first-order chi connectivity index (χ1) is 8.45. The molecule has 1 aliphatic heterocycles. The number of benzene rings is 1. The number of aliphatic hydroxyl groups is 1. The zero-order chi connectivity index (χ0) is 13.3. The molecule has 3 N–H and O–H groups in total. The van der Waals surface area contributed by atoms with E-state index in [0.29, 0.717) is 18.7 Å². The lowest BCUT2D eigenvalue weighted by molar-refractivity contribution is 0.189. The summed E-state index contributed by atoms with van der Waals surface area (Å²) >= 11 is 0. The summed E-state index contributed by atoms with van der Waals surface area (Å²) in [5.41, 5.74) is 7.26. The highest BCUT2D eigenvalue weighted by Crippen LogP contribution is 2.24. The Morgan fingerprint density at radius 2 is 2.22 bits per heavy atom. The minimum atomic E-state index is -3.53. The zero-order valence-electron chi connectivity index (χ0n) is 10.3. The van der Waals surface area contributed by atoms with E-state index in [9.17, 15) is 13.5 Å². The van der Waals surface area contributed by atoms with Crippen LogP contribution in [-0.2, 0) is 16.4 Å². The van der Waals surface area contributed by atoms with Gasteiger partial charge >= 0.3 is 0 Å². The quantitative estimate of drug-likeness (QED) is 0.787. The highest BCUT2D eigenvalue weighted by Gasteiger charge is 2.31. The number of hydrogen-bond donors (Lipinski definition) is 2. The van der Waals surface area contributed by atoms with E-state index >= 15 is 0 Å².